The maximum absolute atomic E-state index is 12.7. The standard InChI is InChI=1S/C17H24N2OS2/c1-10-9-21-16(18-10)22-11(2)15(20)19-17-6-12-3-13(7-17)5-14(4-12)8-17/h9,11-14H,3-8H2,1-2H3,(H,19,20)/t11-,12?,13?,14?,17?/m1/s1. The van der Waals surface area contributed by atoms with Gasteiger partial charge in [0.25, 0.3) is 0 Å². The second-order valence-electron chi connectivity index (χ2n) is 7.70. The van der Waals surface area contributed by atoms with E-state index in [0.717, 1.165) is 27.8 Å². The molecule has 4 fully saturated rings. The van der Waals surface area contributed by atoms with Gasteiger partial charge in [0.15, 0.2) is 4.34 Å². The summed E-state index contributed by atoms with van der Waals surface area (Å²) in [6.07, 6.45) is 7.91. The first-order valence-electron chi connectivity index (χ1n) is 8.42. The Hall–Kier alpha value is -0.550. The number of thioether (sulfide) groups is 1. The third kappa shape index (κ3) is 2.82. The molecule has 1 aromatic rings. The van der Waals surface area contributed by atoms with Crippen molar-refractivity contribution in [2.24, 2.45) is 17.8 Å². The van der Waals surface area contributed by atoms with E-state index in [2.05, 4.69) is 10.3 Å². The molecular formula is C17H24N2OS2. The first-order chi connectivity index (χ1) is 10.5. The average molecular weight is 337 g/mol. The summed E-state index contributed by atoms with van der Waals surface area (Å²) in [5.74, 6) is 2.82. The Morgan fingerprint density at radius 2 is 1.91 bits per heavy atom. The van der Waals surface area contributed by atoms with Gasteiger partial charge in [0, 0.05) is 16.6 Å². The molecule has 0 spiro atoms. The minimum Gasteiger partial charge on any atom is -0.350 e. The summed E-state index contributed by atoms with van der Waals surface area (Å²) >= 11 is 3.23. The minimum absolute atomic E-state index is 0.0569. The zero-order valence-corrected chi connectivity index (χ0v) is 14.9. The van der Waals surface area contributed by atoms with Crippen molar-refractivity contribution < 1.29 is 4.79 Å². The van der Waals surface area contributed by atoms with Gasteiger partial charge in [-0.2, -0.15) is 0 Å². The lowest BCUT2D eigenvalue weighted by Gasteiger charge is -2.57. The molecule has 3 nitrogen and oxygen atoms in total. The van der Waals surface area contributed by atoms with E-state index in [9.17, 15) is 4.79 Å². The summed E-state index contributed by atoms with van der Waals surface area (Å²) in [7, 11) is 0. The number of carbonyl (C=O) groups excluding carboxylic acids is 1. The topological polar surface area (TPSA) is 42.0 Å². The number of thiazole rings is 1. The fraction of sp³-hybridized carbons (Fsp3) is 0.765. The highest BCUT2D eigenvalue weighted by Gasteiger charge is 2.51. The lowest BCUT2D eigenvalue weighted by atomic mass is 9.53. The number of hydrogen-bond donors (Lipinski definition) is 1. The Morgan fingerprint density at radius 3 is 2.41 bits per heavy atom. The van der Waals surface area contributed by atoms with Gasteiger partial charge in [-0.1, -0.05) is 11.8 Å². The van der Waals surface area contributed by atoms with Crippen LogP contribution in [0, 0.1) is 24.7 Å². The van der Waals surface area contributed by atoms with Gasteiger partial charge in [0.2, 0.25) is 5.91 Å². The van der Waals surface area contributed by atoms with Crippen LogP contribution in [0.1, 0.15) is 51.1 Å². The van der Waals surface area contributed by atoms with Crippen molar-refractivity contribution >= 4 is 29.0 Å². The molecule has 0 radical (unpaired) electrons. The van der Waals surface area contributed by atoms with Crippen LogP contribution in [-0.4, -0.2) is 21.7 Å². The van der Waals surface area contributed by atoms with Crippen LogP contribution in [0.25, 0.3) is 0 Å². The highest BCUT2D eigenvalue weighted by molar-refractivity contribution is 8.02. The van der Waals surface area contributed by atoms with Crippen molar-refractivity contribution in [3.05, 3.63) is 11.1 Å². The van der Waals surface area contributed by atoms with Crippen molar-refractivity contribution in [3.63, 3.8) is 0 Å². The van der Waals surface area contributed by atoms with E-state index in [-0.39, 0.29) is 16.7 Å². The van der Waals surface area contributed by atoms with Gasteiger partial charge >= 0.3 is 0 Å². The molecule has 1 atom stereocenters. The fourth-order valence-corrected chi connectivity index (χ4v) is 7.20. The van der Waals surface area contributed by atoms with E-state index < -0.39 is 0 Å². The molecule has 4 aliphatic carbocycles. The SMILES string of the molecule is Cc1csc(S[C@H](C)C(=O)NC23CC4CC(CC(C4)C2)C3)n1. The van der Waals surface area contributed by atoms with Crippen molar-refractivity contribution in [1.29, 1.82) is 0 Å². The number of aryl methyl sites for hydroxylation is 1. The molecule has 1 amide bonds. The predicted molar refractivity (Wildman–Crippen MR) is 91.2 cm³/mol. The van der Waals surface area contributed by atoms with Gasteiger partial charge in [-0.25, -0.2) is 4.98 Å². The first kappa shape index (κ1) is 15.0. The van der Waals surface area contributed by atoms with Crippen LogP contribution in [0.15, 0.2) is 9.72 Å². The van der Waals surface area contributed by atoms with Gasteiger partial charge in [-0.05, 0) is 70.1 Å². The number of rotatable bonds is 4. The Bertz CT molecular complexity index is 548. The van der Waals surface area contributed by atoms with E-state index in [0.29, 0.717) is 0 Å². The van der Waals surface area contributed by atoms with E-state index >= 15 is 0 Å². The van der Waals surface area contributed by atoms with Gasteiger partial charge in [0.05, 0.1) is 5.25 Å². The van der Waals surface area contributed by atoms with Gasteiger partial charge in [-0.3, -0.25) is 4.79 Å². The zero-order valence-electron chi connectivity index (χ0n) is 13.3. The van der Waals surface area contributed by atoms with Crippen LogP contribution in [0.3, 0.4) is 0 Å². The van der Waals surface area contributed by atoms with Crippen LogP contribution in [-0.2, 0) is 4.79 Å². The predicted octanol–water partition coefficient (Wildman–Crippen LogP) is 4.02. The van der Waals surface area contributed by atoms with Crippen molar-refractivity contribution in [3.8, 4) is 0 Å². The van der Waals surface area contributed by atoms with Crippen LogP contribution in [0.2, 0.25) is 0 Å². The van der Waals surface area contributed by atoms with Crippen molar-refractivity contribution in [2.75, 3.05) is 0 Å². The maximum atomic E-state index is 12.7. The van der Waals surface area contributed by atoms with Crippen LogP contribution >= 0.6 is 23.1 Å². The third-order valence-corrected chi connectivity index (χ3v) is 7.86. The molecule has 5 rings (SSSR count). The second kappa shape index (κ2) is 5.52. The third-order valence-electron chi connectivity index (χ3n) is 5.67. The molecular weight excluding hydrogens is 312 g/mol. The number of hydrogen-bond acceptors (Lipinski definition) is 4. The van der Waals surface area contributed by atoms with E-state index in [1.165, 1.54) is 38.5 Å². The molecule has 4 aliphatic rings. The van der Waals surface area contributed by atoms with Gasteiger partial charge in [0.1, 0.15) is 0 Å². The monoisotopic (exact) mass is 336 g/mol. The largest absolute Gasteiger partial charge is 0.350 e. The van der Waals surface area contributed by atoms with Crippen molar-refractivity contribution in [2.45, 2.75) is 67.5 Å². The smallest absolute Gasteiger partial charge is 0.233 e. The Labute approximate surface area is 140 Å². The zero-order chi connectivity index (χ0) is 15.3. The molecule has 1 N–H and O–H groups in total. The fourth-order valence-electron chi connectivity index (χ4n) is 5.22. The summed E-state index contributed by atoms with van der Waals surface area (Å²) in [4.78, 5) is 17.1. The summed E-state index contributed by atoms with van der Waals surface area (Å²) in [5.41, 5.74) is 1.17. The average Bonchev–Trinajstić information content (AvgIpc) is 2.81. The summed E-state index contributed by atoms with van der Waals surface area (Å²) in [5, 5.41) is 5.46. The number of aromatic nitrogens is 1. The lowest BCUT2D eigenvalue weighted by Crippen LogP contribution is -2.60. The van der Waals surface area contributed by atoms with Crippen LogP contribution in [0.5, 0.6) is 0 Å². The first-order valence-corrected chi connectivity index (χ1v) is 10.2. The minimum atomic E-state index is -0.0569. The summed E-state index contributed by atoms with van der Waals surface area (Å²) < 4.78 is 1.01. The van der Waals surface area contributed by atoms with E-state index in [1.54, 1.807) is 23.1 Å². The molecule has 0 aromatic carbocycles. The number of nitrogens with zero attached hydrogens (tertiary/aromatic N) is 1. The Balaban J connectivity index is 1.41. The molecule has 22 heavy (non-hydrogen) atoms. The van der Waals surface area contributed by atoms with Gasteiger partial charge in [-0.15, -0.1) is 11.3 Å². The van der Waals surface area contributed by atoms with E-state index in [1.807, 2.05) is 19.2 Å². The van der Waals surface area contributed by atoms with Crippen LogP contribution < -0.4 is 5.32 Å². The maximum Gasteiger partial charge on any atom is 0.233 e. The number of amides is 1. The molecule has 0 aliphatic heterocycles. The molecule has 5 heteroatoms. The van der Waals surface area contributed by atoms with Crippen molar-refractivity contribution in [1.82, 2.24) is 10.3 Å². The molecule has 4 saturated carbocycles. The number of nitrogens with one attached hydrogen (secondary N) is 1. The lowest BCUT2D eigenvalue weighted by molar-refractivity contribution is -0.126. The molecule has 1 heterocycles. The molecule has 0 saturated heterocycles. The number of carbonyl (C=O) groups is 1. The van der Waals surface area contributed by atoms with Crippen LogP contribution in [0.4, 0.5) is 0 Å². The highest BCUT2D eigenvalue weighted by Crippen LogP contribution is 2.55. The highest BCUT2D eigenvalue weighted by atomic mass is 32.2. The van der Waals surface area contributed by atoms with Gasteiger partial charge < -0.3 is 5.32 Å². The molecule has 120 valence electrons. The Kier molecular flexibility index (Phi) is 3.76. The summed E-state index contributed by atoms with van der Waals surface area (Å²) in [6.45, 7) is 4.01. The molecule has 4 bridgehead atoms. The Morgan fingerprint density at radius 1 is 1.32 bits per heavy atom. The normalized spacial score (nSPS) is 37.3. The molecule has 1 aromatic heterocycles. The quantitative estimate of drug-likeness (QED) is 0.845. The summed E-state index contributed by atoms with van der Waals surface area (Å²) in [6, 6.07) is 0. The molecule has 0 unspecified atom stereocenters. The second-order valence-corrected chi connectivity index (χ2v) is 10.1. The van der Waals surface area contributed by atoms with E-state index in [4.69, 9.17) is 0 Å².